The van der Waals surface area contributed by atoms with E-state index in [1.54, 1.807) is 6.07 Å². The SMILES string of the molecule is O=[PH](O)Oc1cc(-c2ccccc2)c2c(c1-c1ccccc1)OCO2. The fourth-order valence-electron chi connectivity index (χ4n) is 2.93. The summed E-state index contributed by atoms with van der Waals surface area (Å²) >= 11 is 0. The van der Waals surface area contributed by atoms with Crippen molar-refractivity contribution in [3.63, 3.8) is 0 Å². The molecule has 25 heavy (non-hydrogen) atoms. The van der Waals surface area contributed by atoms with Crippen molar-refractivity contribution in [1.82, 2.24) is 0 Å². The van der Waals surface area contributed by atoms with Gasteiger partial charge in [-0.15, -0.1) is 0 Å². The molecule has 0 aromatic heterocycles. The fraction of sp³-hybridized carbons (Fsp3) is 0.0526. The summed E-state index contributed by atoms with van der Waals surface area (Å²) < 4.78 is 28.0. The van der Waals surface area contributed by atoms with Crippen LogP contribution in [0.15, 0.2) is 66.7 Å². The van der Waals surface area contributed by atoms with Gasteiger partial charge >= 0.3 is 8.25 Å². The average Bonchev–Trinajstić information content (AvgIpc) is 3.11. The van der Waals surface area contributed by atoms with Crippen LogP contribution in [-0.2, 0) is 4.57 Å². The summed E-state index contributed by atoms with van der Waals surface area (Å²) in [6.45, 7) is 0.0900. The summed E-state index contributed by atoms with van der Waals surface area (Å²) in [5.41, 5.74) is 3.10. The van der Waals surface area contributed by atoms with E-state index in [4.69, 9.17) is 14.0 Å². The van der Waals surface area contributed by atoms with Gasteiger partial charge in [0.25, 0.3) is 0 Å². The smallest absolute Gasteiger partial charge is 0.365 e. The van der Waals surface area contributed by atoms with E-state index < -0.39 is 8.25 Å². The first-order valence-electron chi connectivity index (χ1n) is 7.72. The van der Waals surface area contributed by atoms with E-state index in [0.717, 1.165) is 16.7 Å². The summed E-state index contributed by atoms with van der Waals surface area (Å²) in [6.07, 6.45) is 0. The standard InChI is InChI=1S/C19H15O5P/c20-25(21)24-16-11-15(13-7-3-1-4-8-13)18-19(23-12-22-18)17(16)14-9-5-2-6-10-14/h1-11,25H,12H2,(H,20,21). The summed E-state index contributed by atoms with van der Waals surface area (Å²) in [5, 5.41) is 0. The molecule has 1 heterocycles. The number of rotatable bonds is 4. The molecular formula is C19H15O5P. The Labute approximate surface area is 145 Å². The highest BCUT2D eigenvalue weighted by Gasteiger charge is 2.28. The second-order valence-corrected chi connectivity index (χ2v) is 6.20. The van der Waals surface area contributed by atoms with Crippen LogP contribution >= 0.6 is 8.25 Å². The molecule has 3 aromatic rings. The van der Waals surface area contributed by atoms with Crippen LogP contribution < -0.4 is 14.0 Å². The van der Waals surface area contributed by atoms with Crippen LogP contribution in [0.3, 0.4) is 0 Å². The van der Waals surface area contributed by atoms with Gasteiger partial charge in [-0.2, -0.15) is 0 Å². The fourth-order valence-corrected chi connectivity index (χ4v) is 3.28. The van der Waals surface area contributed by atoms with Gasteiger partial charge in [-0.25, -0.2) is 4.57 Å². The van der Waals surface area contributed by atoms with Crippen molar-refractivity contribution in [2.75, 3.05) is 6.79 Å². The minimum atomic E-state index is -3.18. The first-order valence-corrected chi connectivity index (χ1v) is 8.98. The maximum atomic E-state index is 11.4. The van der Waals surface area contributed by atoms with Gasteiger partial charge in [-0.05, 0) is 17.2 Å². The van der Waals surface area contributed by atoms with Gasteiger partial charge < -0.3 is 18.9 Å². The molecule has 0 saturated carbocycles. The van der Waals surface area contributed by atoms with Crippen molar-refractivity contribution in [2.24, 2.45) is 0 Å². The lowest BCUT2D eigenvalue weighted by Gasteiger charge is -2.15. The molecule has 1 atom stereocenters. The zero-order valence-corrected chi connectivity index (χ0v) is 14.1. The third-order valence-corrected chi connectivity index (χ3v) is 4.35. The first-order chi connectivity index (χ1) is 12.2. The average molecular weight is 354 g/mol. The predicted octanol–water partition coefficient (Wildman–Crippen LogP) is 4.51. The van der Waals surface area contributed by atoms with E-state index in [1.807, 2.05) is 60.7 Å². The Morgan fingerprint density at radius 1 is 0.880 bits per heavy atom. The molecule has 1 unspecified atom stereocenters. The zero-order chi connectivity index (χ0) is 17.2. The monoisotopic (exact) mass is 354 g/mol. The van der Waals surface area contributed by atoms with Gasteiger partial charge in [0.1, 0.15) is 5.75 Å². The predicted molar refractivity (Wildman–Crippen MR) is 95.3 cm³/mol. The van der Waals surface area contributed by atoms with E-state index >= 15 is 0 Å². The maximum absolute atomic E-state index is 11.4. The molecular weight excluding hydrogens is 339 g/mol. The molecule has 0 fully saturated rings. The summed E-state index contributed by atoms with van der Waals surface area (Å²) in [7, 11) is -3.18. The maximum Gasteiger partial charge on any atom is 0.365 e. The van der Waals surface area contributed by atoms with Gasteiger partial charge in [0.05, 0.1) is 5.56 Å². The van der Waals surface area contributed by atoms with Crippen LogP contribution in [0, 0.1) is 0 Å². The van der Waals surface area contributed by atoms with Crippen molar-refractivity contribution in [3.05, 3.63) is 66.7 Å². The quantitative estimate of drug-likeness (QED) is 0.699. The van der Waals surface area contributed by atoms with Gasteiger partial charge in [0, 0.05) is 5.56 Å². The topological polar surface area (TPSA) is 65.0 Å². The molecule has 0 aliphatic carbocycles. The Balaban J connectivity index is 1.99. The number of benzene rings is 3. The highest BCUT2D eigenvalue weighted by molar-refractivity contribution is 7.32. The summed E-state index contributed by atoms with van der Waals surface area (Å²) in [6, 6.07) is 20.8. The second-order valence-electron chi connectivity index (χ2n) is 5.46. The number of ether oxygens (including phenoxy) is 2. The molecule has 0 bridgehead atoms. The Hall–Kier alpha value is -2.75. The van der Waals surface area contributed by atoms with Crippen LogP contribution in [0.5, 0.6) is 17.2 Å². The lowest BCUT2D eigenvalue weighted by molar-refractivity contribution is 0.174. The molecule has 0 spiro atoms. The van der Waals surface area contributed by atoms with Gasteiger partial charge in [-0.3, -0.25) is 0 Å². The van der Waals surface area contributed by atoms with Gasteiger partial charge in [0.2, 0.25) is 6.79 Å². The Kier molecular flexibility index (Phi) is 4.18. The minimum absolute atomic E-state index is 0.0900. The highest BCUT2D eigenvalue weighted by atomic mass is 31.1. The number of fused-ring (bicyclic) bond motifs is 1. The molecule has 1 aliphatic rings. The van der Waals surface area contributed by atoms with E-state index in [2.05, 4.69) is 0 Å². The van der Waals surface area contributed by atoms with Crippen LogP contribution in [0.1, 0.15) is 0 Å². The van der Waals surface area contributed by atoms with Crippen molar-refractivity contribution < 1.29 is 23.5 Å². The van der Waals surface area contributed by atoms with Crippen molar-refractivity contribution in [3.8, 4) is 39.5 Å². The van der Waals surface area contributed by atoms with Crippen molar-refractivity contribution in [2.45, 2.75) is 0 Å². The largest absolute Gasteiger partial charge is 0.453 e. The number of hydrogen-bond acceptors (Lipinski definition) is 4. The molecule has 6 heteroatoms. The van der Waals surface area contributed by atoms with E-state index in [0.29, 0.717) is 22.8 Å². The molecule has 0 radical (unpaired) electrons. The third kappa shape index (κ3) is 3.00. The van der Waals surface area contributed by atoms with Crippen LogP contribution in [0.2, 0.25) is 0 Å². The summed E-state index contributed by atoms with van der Waals surface area (Å²) in [5.74, 6) is 1.42. The van der Waals surface area contributed by atoms with Crippen LogP contribution in [-0.4, -0.2) is 11.7 Å². The van der Waals surface area contributed by atoms with Crippen LogP contribution in [0.25, 0.3) is 22.3 Å². The molecule has 0 amide bonds. The minimum Gasteiger partial charge on any atom is -0.453 e. The van der Waals surface area contributed by atoms with Gasteiger partial charge in [0.15, 0.2) is 11.5 Å². The first kappa shape index (κ1) is 15.8. The van der Waals surface area contributed by atoms with Crippen LogP contribution in [0.4, 0.5) is 0 Å². The molecule has 126 valence electrons. The molecule has 1 N–H and O–H groups in total. The molecule has 1 aliphatic heterocycles. The highest BCUT2D eigenvalue weighted by Crippen LogP contribution is 2.53. The molecule has 0 saturated heterocycles. The number of hydrogen-bond donors (Lipinski definition) is 1. The van der Waals surface area contributed by atoms with Crippen molar-refractivity contribution in [1.29, 1.82) is 0 Å². The molecule has 5 nitrogen and oxygen atoms in total. The van der Waals surface area contributed by atoms with E-state index in [9.17, 15) is 9.46 Å². The molecule has 4 rings (SSSR count). The van der Waals surface area contributed by atoms with Gasteiger partial charge in [-0.1, -0.05) is 60.7 Å². The zero-order valence-electron chi connectivity index (χ0n) is 13.1. The Bertz CT molecular complexity index is 926. The second kappa shape index (κ2) is 6.63. The van der Waals surface area contributed by atoms with Crippen molar-refractivity contribution >= 4 is 8.25 Å². The summed E-state index contributed by atoms with van der Waals surface area (Å²) in [4.78, 5) is 9.34. The lowest BCUT2D eigenvalue weighted by Crippen LogP contribution is -1.94. The molecule has 3 aromatic carbocycles. The van der Waals surface area contributed by atoms with E-state index in [-0.39, 0.29) is 6.79 Å². The Morgan fingerprint density at radius 2 is 1.48 bits per heavy atom. The van der Waals surface area contributed by atoms with E-state index in [1.165, 1.54) is 0 Å². The normalized spacial score (nSPS) is 13.5. The lowest BCUT2D eigenvalue weighted by atomic mass is 9.97. The Morgan fingerprint density at radius 3 is 2.12 bits per heavy atom. The third-order valence-electron chi connectivity index (χ3n) is 3.95.